The van der Waals surface area contributed by atoms with Gasteiger partial charge in [-0.15, -0.1) is 0 Å². The zero-order valence-electron chi connectivity index (χ0n) is 12.6. The summed E-state index contributed by atoms with van der Waals surface area (Å²) in [6.07, 6.45) is 0. The monoisotopic (exact) mass is 366 g/mol. The molecule has 7 heteroatoms. The maximum Gasteiger partial charge on any atom is 0.354 e. The van der Waals surface area contributed by atoms with Gasteiger partial charge in [-0.2, -0.15) is 0 Å². The van der Waals surface area contributed by atoms with Crippen molar-refractivity contribution in [3.63, 3.8) is 0 Å². The van der Waals surface area contributed by atoms with E-state index in [9.17, 15) is 9.18 Å². The normalized spacial score (nSPS) is 10.8. The van der Waals surface area contributed by atoms with Crippen molar-refractivity contribution >= 4 is 51.4 Å². The molecule has 2 N–H and O–H groups in total. The van der Waals surface area contributed by atoms with Crippen molar-refractivity contribution in [2.24, 2.45) is 0 Å². The molecule has 0 saturated carbocycles. The minimum atomic E-state index is -0.496. The molecule has 1 heterocycles. The van der Waals surface area contributed by atoms with Gasteiger partial charge in [-0.25, -0.2) is 9.18 Å². The maximum absolute atomic E-state index is 13.3. The Balaban J connectivity index is 2.03. The second kappa shape index (κ2) is 6.71. The van der Waals surface area contributed by atoms with Crippen molar-refractivity contribution < 1.29 is 13.9 Å². The third-order valence-corrected chi connectivity index (χ3v) is 3.90. The maximum atomic E-state index is 13.3. The number of nitrogens with one attached hydrogen (secondary N) is 2. The van der Waals surface area contributed by atoms with Crippen molar-refractivity contribution in [3.8, 4) is 0 Å². The minimum Gasteiger partial charge on any atom is -0.461 e. The van der Waals surface area contributed by atoms with Crippen molar-refractivity contribution in [1.29, 1.82) is 0 Å². The summed E-state index contributed by atoms with van der Waals surface area (Å²) in [5.74, 6) is -0.940. The number of esters is 1. The Bertz CT molecular complexity index is 924. The summed E-state index contributed by atoms with van der Waals surface area (Å²) in [7, 11) is 0. The quantitative estimate of drug-likeness (QED) is 0.596. The van der Waals surface area contributed by atoms with Gasteiger partial charge in [-0.05, 0) is 43.3 Å². The van der Waals surface area contributed by atoms with Gasteiger partial charge >= 0.3 is 5.97 Å². The number of H-pyrrole nitrogens is 1. The Kier molecular flexibility index (Phi) is 4.64. The smallest absolute Gasteiger partial charge is 0.354 e. The molecule has 0 fully saturated rings. The molecule has 3 rings (SSSR count). The second-order valence-electron chi connectivity index (χ2n) is 5.07. The number of aromatic nitrogens is 1. The van der Waals surface area contributed by atoms with Crippen LogP contribution in [0.3, 0.4) is 0 Å². The number of ether oxygens (including phenoxy) is 1. The average molecular weight is 367 g/mol. The van der Waals surface area contributed by atoms with E-state index >= 15 is 0 Å². The second-order valence-corrected chi connectivity index (χ2v) is 5.92. The van der Waals surface area contributed by atoms with Crippen LogP contribution in [0.2, 0.25) is 10.0 Å². The number of carbonyl (C=O) groups is 1. The molecular weight excluding hydrogens is 354 g/mol. The predicted molar refractivity (Wildman–Crippen MR) is 94.0 cm³/mol. The fourth-order valence-electron chi connectivity index (χ4n) is 2.35. The average Bonchev–Trinajstić information content (AvgIpc) is 2.95. The Morgan fingerprint density at radius 1 is 1.25 bits per heavy atom. The summed E-state index contributed by atoms with van der Waals surface area (Å²) >= 11 is 11.9. The lowest BCUT2D eigenvalue weighted by atomic mass is 10.2. The molecule has 3 aromatic rings. The molecule has 0 aliphatic heterocycles. The first-order valence-corrected chi connectivity index (χ1v) is 7.95. The highest BCUT2D eigenvalue weighted by Gasteiger charge is 2.14. The van der Waals surface area contributed by atoms with Crippen LogP contribution in [-0.2, 0) is 4.74 Å². The molecule has 0 unspecified atom stereocenters. The Hall–Kier alpha value is -2.24. The zero-order chi connectivity index (χ0) is 17.3. The summed E-state index contributed by atoms with van der Waals surface area (Å²) in [6, 6.07) is 9.41. The summed E-state index contributed by atoms with van der Waals surface area (Å²) in [5, 5.41) is 4.38. The van der Waals surface area contributed by atoms with Gasteiger partial charge in [-0.1, -0.05) is 23.2 Å². The highest BCUT2D eigenvalue weighted by atomic mass is 35.5. The molecule has 124 valence electrons. The van der Waals surface area contributed by atoms with E-state index in [4.69, 9.17) is 27.9 Å². The molecule has 4 nitrogen and oxygen atoms in total. The third kappa shape index (κ3) is 3.32. The summed E-state index contributed by atoms with van der Waals surface area (Å²) in [5.41, 5.74) is 2.27. The molecule has 0 amide bonds. The number of anilines is 2. The van der Waals surface area contributed by atoms with Crippen LogP contribution in [0.4, 0.5) is 15.8 Å². The SMILES string of the molecule is CCOC(=O)c1cc2c(Nc3ccc(F)c(Cl)c3)cc(Cl)cc2[nH]1. The molecule has 0 spiro atoms. The number of carbonyl (C=O) groups excluding carboxylic acids is 1. The van der Waals surface area contributed by atoms with Gasteiger partial charge in [0.05, 0.1) is 11.6 Å². The highest BCUT2D eigenvalue weighted by Crippen LogP contribution is 2.32. The molecule has 0 aliphatic rings. The number of benzene rings is 2. The molecule has 24 heavy (non-hydrogen) atoms. The van der Waals surface area contributed by atoms with Crippen LogP contribution in [-0.4, -0.2) is 17.6 Å². The van der Waals surface area contributed by atoms with Crippen LogP contribution in [0.1, 0.15) is 17.4 Å². The predicted octanol–water partition coefficient (Wildman–Crippen LogP) is 5.53. The van der Waals surface area contributed by atoms with Gasteiger partial charge in [0.1, 0.15) is 11.5 Å². The van der Waals surface area contributed by atoms with Gasteiger partial charge in [0, 0.05) is 27.3 Å². The summed E-state index contributed by atoms with van der Waals surface area (Å²) < 4.78 is 18.3. The topological polar surface area (TPSA) is 54.1 Å². The molecular formula is C17H13Cl2FN2O2. The molecule has 1 aromatic heterocycles. The number of fused-ring (bicyclic) bond motifs is 1. The Morgan fingerprint density at radius 2 is 2.04 bits per heavy atom. The molecule has 0 bridgehead atoms. The number of rotatable bonds is 4. The fraction of sp³-hybridized carbons (Fsp3) is 0.118. The van der Waals surface area contributed by atoms with E-state index in [0.717, 1.165) is 5.39 Å². The third-order valence-electron chi connectivity index (χ3n) is 3.40. The van der Waals surface area contributed by atoms with Crippen molar-refractivity contribution in [3.05, 3.63) is 58.0 Å². The van der Waals surface area contributed by atoms with E-state index in [-0.39, 0.29) is 11.6 Å². The number of hydrogen-bond acceptors (Lipinski definition) is 3. The van der Waals surface area contributed by atoms with Gasteiger partial charge < -0.3 is 15.0 Å². The first-order chi connectivity index (χ1) is 11.5. The largest absolute Gasteiger partial charge is 0.461 e. The van der Waals surface area contributed by atoms with E-state index in [1.807, 2.05) is 0 Å². The Labute approximate surface area is 147 Å². The molecule has 0 atom stereocenters. The lowest BCUT2D eigenvalue weighted by Crippen LogP contribution is -2.04. The molecule has 0 aliphatic carbocycles. The van der Waals surface area contributed by atoms with Gasteiger partial charge in [0.2, 0.25) is 0 Å². The standard InChI is InChI=1S/C17H13Cl2FN2O2/c1-2-24-17(23)16-8-11-14(5-9(18)6-15(11)22-16)21-10-3-4-13(20)12(19)7-10/h3-8,21-22H,2H2,1H3. The van der Waals surface area contributed by atoms with E-state index in [0.29, 0.717) is 27.6 Å². The fourth-order valence-corrected chi connectivity index (χ4v) is 2.75. The molecule has 0 radical (unpaired) electrons. The van der Waals surface area contributed by atoms with Crippen LogP contribution in [0.5, 0.6) is 0 Å². The van der Waals surface area contributed by atoms with Crippen LogP contribution in [0.25, 0.3) is 10.9 Å². The van der Waals surface area contributed by atoms with Crippen LogP contribution >= 0.6 is 23.2 Å². The Morgan fingerprint density at radius 3 is 2.75 bits per heavy atom. The van der Waals surface area contributed by atoms with Crippen LogP contribution < -0.4 is 5.32 Å². The number of halogens is 3. The lowest BCUT2D eigenvalue weighted by Gasteiger charge is -2.09. The van der Waals surface area contributed by atoms with Crippen molar-refractivity contribution in [1.82, 2.24) is 4.98 Å². The lowest BCUT2D eigenvalue weighted by molar-refractivity contribution is 0.0520. The van der Waals surface area contributed by atoms with Crippen molar-refractivity contribution in [2.45, 2.75) is 6.92 Å². The van der Waals surface area contributed by atoms with E-state index in [1.165, 1.54) is 12.1 Å². The van der Waals surface area contributed by atoms with Gasteiger partial charge in [0.25, 0.3) is 0 Å². The number of aromatic amines is 1. The highest BCUT2D eigenvalue weighted by molar-refractivity contribution is 6.32. The van der Waals surface area contributed by atoms with E-state index in [1.54, 1.807) is 31.2 Å². The summed E-state index contributed by atoms with van der Waals surface area (Å²) in [6.45, 7) is 2.02. The first kappa shape index (κ1) is 16.6. The van der Waals surface area contributed by atoms with Gasteiger partial charge in [0.15, 0.2) is 0 Å². The van der Waals surface area contributed by atoms with Crippen LogP contribution in [0, 0.1) is 5.82 Å². The minimum absolute atomic E-state index is 0.0135. The van der Waals surface area contributed by atoms with E-state index in [2.05, 4.69) is 10.3 Å². The van der Waals surface area contributed by atoms with Crippen LogP contribution in [0.15, 0.2) is 36.4 Å². The molecule has 0 saturated heterocycles. The summed E-state index contributed by atoms with van der Waals surface area (Å²) in [4.78, 5) is 14.9. The van der Waals surface area contributed by atoms with Crippen molar-refractivity contribution in [2.75, 3.05) is 11.9 Å². The first-order valence-electron chi connectivity index (χ1n) is 7.19. The number of hydrogen-bond donors (Lipinski definition) is 2. The van der Waals surface area contributed by atoms with Gasteiger partial charge in [-0.3, -0.25) is 0 Å². The zero-order valence-corrected chi connectivity index (χ0v) is 14.1. The van der Waals surface area contributed by atoms with E-state index < -0.39 is 11.8 Å². The molecule has 2 aromatic carbocycles.